The highest BCUT2D eigenvalue weighted by Gasteiger charge is 2.41. The van der Waals surface area contributed by atoms with Gasteiger partial charge in [0.1, 0.15) is 0 Å². The van der Waals surface area contributed by atoms with Gasteiger partial charge in [-0.1, -0.05) is 47.5 Å². The molecule has 6 heteroatoms. The van der Waals surface area contributed by atoms with E-state index < -0.39 is 0 Å². The van der Waals surface area contributed by atoms with E-state index in [2.05, 4.69) is 6.07 Å². The van der Waals surface area contributed by atoms with Crippen LogP contribution in [0.1, 0.15) is 18.9 Å². The van der Waals surface area contributed by atoms with Crippen LogP contribution in [0, 0.1) is 5.92 Å². The van der Waals surface area contributed by atoms with Crippen LogP contribution >= 0.6 is 23.2 Å². The Morgan fingerprint density at radius 1 is 1.04 bits per heavy atom. The Hall–Kier alpha value is -2.04. The van der Waals surface area contributed by atoms with Gasteiger partial charge >= 0.3 is 0 Å². The molecule has 1 fully saturated rings. The minimum Gasteiger partial charge on any atom is -0.310 e. The summed E-state index contributed by atoms with van der Waals surface area (Å²) in [5.74, 6) is -0.491. The lowest BCUT2D eigenvalue weighted by Crippen LogP contribution is -2.41. The molecule has 2 amide bonds. The third-order valence-corrected chi connectivity index (χ3v) is 5.95. The van der Waals surface area contributed by atoms with Gasteiger partial charge in [-0.05, 0) is 37.1 Å². The molecule has 0 N–H and O–H groups in total. The smallest absolute Gasteiger partial charge is 0.232 e. The Balaban J connectivity index is 1.59. The number of benzene rings is 2. The average molecular weight is 389 g/mol. The van der Waals surface area contributed by atoms with E-state index >= 15 is 0 Å². The number of carbonyl (C=O) groups is 2. The summed E-state index contributed by atoms with van der Waals surface area (Å²) in [4.78, 5) is 29.1. The highest BCUT2D eigenvalue weighted by atomic mass is 35.5. The zero-order valence-corrected chi connectivity index (χ0v) is 15.8. The van der Waals surface area contributed by atoms with Gasteiger partial charge in [0, 0.05) is 24.7 Å². The number of halogens is 2. The Morgan fingerprint density at radius 3 is 2.58 bits per heavy atom. The van der Waals surface area contributed by atoms with Crippen molar-refractivity contribution in [1.82, 2.24) is 0 Å². The summed E-state index contributed by atoms with van der Waals surface area (Å²) < 4.78 is 0. The number of amides is 2. The first-order valence-corrected chi connectivity index (χ1v) is 9.38. The van der Waals surface area contributed by atoms with Gasteiger partial charge in [-0.25, -0.2) is 0 Å². The second-order valence-corrected chi connectivity index (χ2v) is 7.65. The van der Waals surface area contributed by atoms with Crippen molar-refractivity contribution < 1.29 is 9.59 Å². The van der Waals surface area contributed by atoms with E-state index in [1.165, 1.54) is 5.56 Å². The van der Waals surface area contributed by atoms with E-state index in [9.17, 15) is 9.59 Å². The van der Waals surface area contributed by atoms with Gasteiger partial charge < -0.3 is 9.80 Å². The van der Waals surface area contributed by atoms with Crippen LogP contribution in [0.3, 0.4) is 0 Å². The molecule has 0 radical (unpaired) electrons. The Bertz CT molecular complexity index is 899. The van der Waals surface area contributed by atoms with Crippen molar-refractivity contribution in [2.24, 2.45) is 5.92 Å². The molecule has 2 unspecified atom stereocenters. The fourth-order valence-electron chi connectivity index (χ4n) is 3.90. The van der Waals surface area contributed by atoms with Crippen molar-refractivity contribution in [1.29, 1.82) is 0 Å². The summed E-state index contributed by atoms with van der Waals surface area (Å²) in [5.41, 5.74) is 2.69. The summed E-state index contributed by atoms with van der Waals surface area (Å²) in [6.45, 7) is 2.36. The van der Waals surface area contributed by atoms with Crippen molar-refractivity contribution >= 4 is 46.4 Å². The van der Waals surface area contributed by atoms with Crippen LogP contribution in [0.5, 0.6) is 0 Å². The molecule has 4 nitrogen and oxygen atoms in total. The molecule has 0 spiro atoms. The monoisotopic (exact) mass is 388 g/mol. The van der Waals surface area contributed by atoms with Crippen molar-refractivity contribution in [2.45, 2.75) is 25.8 Å². The highest BCUT2D eigenvalue weighted by Crippen LogP contribution is 2.38. The number of rotatable bonds is 2. The number of anilines is 2. The van der Waals surface area contributed by atoms with Crippen LogP contribution in [0.25, 0.3) is 0 Å². The SMILES string of the molecule is CC1Cc2ccccc2N1C(=O)C1CC(=O)N(c2cccc(Cl)c2Cl)C1. The number of nitrogens with zero attached hydrogens (tertiary/aromatic N) is 2. The summed E-state index contributed by atoms with van der Waals surface area (Å²) >= 11 is 12.3. The zero-order chi connectivity index (χ0) is 18.4. The fourth-order valence-corrected chi connectivity index (χ4v) is 4.30. The molecule has 0 aromatic heterocycles. The normalized spacial score (nSPS) is 22.0. The van der Waals surface area contributed by atoms with Crippen LogP contribution in [0.4, 0.5) is 11.4 Å². The molecule has 0 bridgehead atoms. The minimum atomic E-state index is -0.383. The summed E-state index contributed by atoms with van der Waals surface area (Å²) in [5, 5.41) is 0.740. The van der Waals surface area contributed by atoms with Crippen LogP contribution in [0.15, 0.2) is 42.5 Å². The van der Waals surface area contributed by atoms with E-state index in [1.807, 2.05) is 30.0 Å². The van der Waals surface area contributed by atoms with E-state index in [0.717, 1.165) is 12.1 Å². The zero-order valence-electron chi connectivity index (χ0n) is 14.3. The quantitative estimate of drug-likeness (QED) is 0.768. The third kappa shape index (κ3) is 2.78. The number of hydrogen-bond donors (Lipinski definition) is 0. The molecule has 2 aromatic carbocycles. The van der Waals surface area contributed by atoms with Crippen LogP contribution in [-0.4, -0.2) is 24.4 Å². The number of para-hydroxylation sites is 1. The maximum absolute atomic E-state index is 13.2. The molecule has 2 aromatic rings. The lowest BCUT2D eigenvalue weighted by Gasteiger charge is -2.26. The lowest BCUT2D eigenvalue weighted by molar-refractivity contribution is -0.124. The van der Waals surface area contributed by atoms with Gasteiger partial charge in [-0.3, -0.25) is 9.59 Å². The minimum absolute atomic E-state index is 0.00329. The molecule has 0 aliphatic carbocycles. The second-order valence-electron chi connectivity index (χ2n) is 6.87. The molecule has 2 heterocycles. The van der Waals surface area contributed by atoms with Crippen molar-refractivity contribution in [2.75, 3.05) is 16.3 Å². The summed E-state index contributed by atoms with van der Waals surface area (Å²) in [6, 6.07) is 13.2. The van der Waals surface area contributed by atoms with Gasteiger partial charge in [0.15, 0.2) is 0 Å². The highest BCUT2D eigenvalue weighted by molar-refractivity contribution is 6.44. The largest absolute Gasteiger partial charge is 0.310 e. The molecule has 26 heavy (non-hydrogen) atoms. The first kappa shape index (κ1) is 17.4. The fraction of sp³-hybridized carbons (Fsp3) is 0.300. The Labute approximate surface area is 162 Å². The first-order valence-electron chi connectivity index (χ1n) is 8.62. The maximum atomic E-state index is 13.2. The van der Waals surface area contributed by atoms with Gasteiger partial charge in [0.2, 0.25) is 11.8 Å². The number of hydrogen-bond acceptors (Lipinski definition) is 2. The molecule has 134 valence electrons. The van der Waals surface area contributed by atoms with Crippen molar-refractivity contribution in [3.63, 3.8) is 0 Å². The predicted octanol–water partition coefficient (Wildman–Crippen LogP) is 4.32. The van der Waals surface area contributed by atoms with Crippen LogP contribution in [-0.2, 0) is 16.0 Å². The Kier molecular flexibility index (Phi) is 4.41. The molecular formula is C20H18Cl2N2O2. The summed E-state index contributed by atoms with van der Waals surface area (Å²) in [6.07, 6.45) is 1.03. The average Bonchev–Trinajstić information content (AvgIpc) is 3.16. The van der Waals surface area contributed by atoms with Gasteiger partial charge in [0.25, 0.3) is 0 Å². The van der Waals surface area contributed by atoms with E-state index in [1.54, 1.807) is 23.1 Å². The van der Waals surface area contributed by atoms with Crippen molar-refractivity contribution in [3.8, 4) is 0 Å². The lowest BCUT2D eigenvalue weighted by atomic mass is 10.1. The van der Waals surface area contributed by atoms with Crippen LogP contribution < -0.4 is 9.80 Å². The molecule has 2 aliphatic rings. The topological polar surface area (TPSA) is 40.6 Å². The van der Waals surface area contributed by atoms with Crippen LogP contribution in [0.2, 0.25) is 10.0 Å². The predicted molar refractivity (Wildman–Crippen MR) is 104 cm³/mol. The number of fused-ring (bicyclic) bond motifs is 1. The van der Waals surface area contributed by atoms with Gasteiger partial charge in [-0.15, -0.1) is 0 Å². The molecule has 1 saturated heterocycles. The molecule has 4 rings (SSSR count). The second kappa shape index (κ2) is 6.60. The molecule has 0 saturated carbocycles. The molecule has 2 atom stereocenters. The summed E-state index contributed by atoms with van der Waals surface area (Å²) in [7, 11) is 0. The maximum Gasteiger partial charge on any atom is 0.232 e. The standard InChI is InChI=1S/C20H18Cl2N2O2/c1-12-9-13-5-2-3-7-16(13)24(12)20(26)14-10-18(25)23(11-14)17-8-4-6-15(21)19(17)22/h2-8,12,14H,9-11H2,1H3. The molecule has 2 aliphatic heterocycles. The van der Waals surface area contributed by atoms with E-state index in [-0.39, 0.29) is 30.2 Å². The van der Waals surface area contributed by atoms with E-state index in [4.69, 9.17) is 23.2 Å². The van der Waals surface area contributed by atoms with Crippen molar-refractivity contribution in [3.05, 3.63) is 58.1 Å². The Morgan fingerprint density at radius 2 is 1.77 bits per heavy atom. The first-order chi connectivity index (χ1) is 12.5. The van der Waals surface area contributed by atoms with Gasteiger partial charge in [0.05, 0.1) is 21.7 Å². The van der Waals surface area contributed by atoms with E-state index in [0.29, 0.717) is 22.3 Å². The van der Waals surface area contributed by atoms with Gasteiger partial charge in [-0.2, -0.15) is 0 Å². The number of carbonyl (C=O) groups excluding carboxylic acids is 2. The molecular weight excluding hydrogens is 371 g/mol. The third-order valence-electron chi connectivity index (χ3n) is 5.14.